The van der Waals surface area contributed by atoms with Crippen molar-refractivity contribution in [2.75, 3.05) is 19.3 Å². The highest BCUT2D eigenvalue weighted by Gasteiger charge is 2.47. The lowest BCUT2D eigenvalue weighted by Gasteiger charge is -2.17. The summed E-state index contributed by atoms with van der Waals surface area (Å²) in [6, 6.07) is 16.2. The minimum atomic E-state index is -1.04. The van der Waals surface area contributed by atoms with Crippen LogP contribution < -0.4 is 4.72 Å². The van der Waals surface area contributed by atoms with Crippen molar-refractivity contribution in [3.8, 4) is 11.1 Å². The van der Waals surface area contributed by atoms with Gasteiger partial charge >= 0.3 is 0 Å². The van der Waals surface area contributed by atoms with E-state index in [0.717, 1.165) is 35.5 Å². The first-order valence-corrected chi connectivity index (χ1v) is 11.2. The van der Waals surface area contributed by atoms with E-state index in [2.05, 4.69) is 16.9 Å². The zero-order chi connectivity index (χ0) is 19.0. The second-order valence-electron chi connectivity index (χ2n) is 7.36. The van der Waals surface area contributed by atoms with Gasteiger partial charge in [-0.15, -0.1) is 0 Å². The van der Waals surface area contributed by atoms with Crippen LogP contribution in [0, 0.1) is 5.92 Å². The number of nitrogens with one attached hydrogen (secondary N) is 1. The van der Waals surface area contributed by atoms with Crippen LogP contribution in [-0.4, -0.2) is 40.4 Å². The summed E-state index contributed by atoms with van der Waals surface area (Å²) in [5.74, 6) is 0.511. The molecule has 0 bridgehead atoms. The van der Waals surface area contributed by atoms with Gasteiger partial charge in [-0.3, -0.25) is 4.79 Å². The molecule has 6 heteroatoms. The lowest BCUT2D eigenvalue weighted by Crippen LogP contribution is -2.36. The molecular formula is C21H23ClN2O2S. The Morgan fingerprint density at radius 2 is 1.85 bits per heavy atom. The third-order valence-electron chi connectivity index (χ3n) is 5.46. The summed E-state index contributed by atoms with van der Waals surface area (Å²) >= 11 is 6.41. The summed E-state index contributed by atoms with van der Waals surface area (Å²) in [5.41, 5.74) is 3.34. The number of carbonyl (C=O) groups is 1. The molecule has 1 aliphatic carbocycles. The lowest BCUT2D eigenvalue weighted by molar-refractivity contribution is -0.131. The summed E-state index contributed by atoms with van der Waals surface area (Å²) in [6.45, 7) is 1.39. The van der Waals surface area contributed by atoms with Crippen molar-refractivity contribution in [1.82, 2.24) is 9.62 Å². The van der Waals surface area contributed by atoms with Gasteiger partial charge in [0.1, 0.15) is 0 Å². The Hall–Kier alpha value is -1.69. The first-order valence-electron chi connectivity index (χ1n) is 9.27. The lowest BCUT2D eigenvalue weighted by atomic mass is 9.96. The van der Waals surface area contributed by atoms with Crippen LogP contribution in [0.4, 0.5) is 0 Å². The molecular weight excluding hydrogens is 380 g/mol. The van der Waals surface area contributed by atoms with Gasteiger partial charge in [0.25, 0.3) is 0 Å². The van der Waals surface area contributed by atoms with Crippen molar-refractivity contribution < 1.29 is 9.00 Å². The number of nitrogens with zero attached hydrogens (tertiary/aromatic N) is 1. The molecule has 0 radical (unpaired) electrons. The van der Waals surface area contributed by atoms with Crippen molar-refractivity contribution in [3.05, 3.63) is 59.1 Å². The topological polar surface area (TPSA) is 49.4 Å². The molecule has 1 amide bonds. The van der Waals surface area contributed by atoms with E-state index in [1.807, 2.05) is 41.3 Å². The molecule has 1 saturated heterocycles. The molecule has 0 aromatic heterocycles. The highest BCUT2D eigenvalue weighted by Crippen LogP contribution is 2.51. The first kappa shape index (κ1) is 18.7. The van der Waals surface area contributed by atoms with Crippen molar-refractivity contribution in [2.45, 2.75) is 24.8 Å². The Morgan fingerprint density at radius 1 is 1.15 bits per heavy atom. The van der Waals surface area contributed by atoms with E-state index in [1.165, 1.54) is 5.56 Å². The van der Waals surface area contributed by atoms with E-state index >= 15 is 0 Å². The molecule has 1 N–H and O–H groups in total. The highest BCUT2D eigenvalue weighted by molar-refractivity contribution is 7.82. The molecule has 4 rings (SSSR count). The summed E-state index contributed by atoms with van der Waals surface area (Å²) in [6.07, 6.45) is 3.38. The van der Waals surface area contributed by atoms with Gasteiger partial charge in [-0.25, -0.2) is 8.93 Å². The molecule has 4 unspecified atom stereocenters. The number of halogens is 1. The van der Waals surface area contributed by atoms with Crippen LogP contribution >= 0.6 is 11.6 Å². The molecule has 0 spiro atoms. The summed E-state index contributed by atoms with van der Waals surface area (Å²) in [7, 11) is -1.04. The average Bonchev–Trinajstić information content (AvgIpc) is 3.32. The first-order chi connectivity index (χ1) is 13.0. The third-order valence-corrected chi connectivity index (χ3v) is 6.46. The molecule has 27 heavy (non-hydrogen) atoms. The Balaban J connectivity index is 1.49. The Kier molecular flexibility index (Phi) is 5.35. The van der Waals surface area contributed by atoms with Crippen LogP contribution in [0.1, 0.15) is 24.3 Å². The second kappa shape index (κ2) is 7.74. The molecule has 142 valence electrons. The Labute approximate surface area is 167 Å². The zero-order valence-electron chi connectivity index (χ0n) is 15.2. The zero-order valence-corrected chi connectivity index (χ0v) is 16.8. The maximum absolute atomic E-state index is 12.9. The van der Waals surface area contributed by atoms with E-state index in [1.54, 1.807) is 6.26 Å². The predicted octanol–water partition coefficient (Wildman–Crippen LogP) is 3.59. The van der Waals surface area contributed by atoms with Crippen molar-refractivity contribution >= 4 is 28.5 Å². The number of likely N-dealkylation sites (tertiary alicyclic amines) is 1. The van der Waals surface area contributed by atoms with Gasteiger partial charge in [0.15, 0.2) is 0 Å². The maximum Gasteiger partial charge on any atom is 0.226 e. The van der Waals surface area contributed by atoms with E-state index in [-0.39, 0.29) is 23.8 Å². The van der Waals surface area contributed by atoms with Crippen LogP contribution in [0.5, 0.6) is 0 Å². The molecule has 2 aromatic rings. The number of rotatable bonds is 5. The molecule has 4 atom stereocenters. The number of hydrogen-bond acceptors (Lipinski definition) is 2. The molecule has 2 aliphatic rings. The fraction of sp³-hybridized carbons (Fsp3) is 0.381. The van der Waals surface area contributed by atoms with Crippen LogP contribution in [0.3, 0.4) is 0 Å². The summed E-state index contributed by atoms with van der Waals surface area (Å²) < 4.78 is 14.4. The van der Waals surface area contributed by atoms with Crippen molar-refractivity contribution in [2.24, 2.45) is 5.92 Å². The number of carbonyl (C=O) groups excluding carboxylic acids is 1. The Bertz CT molecular complexity index is 888. The molecule has 2 fully saturated rings. The van der Waals surface area contributed by atoms with E-state index < -0.39 is 11.0 Å². The molecule has 1 heterocycles. The number of amides is 1. The van der Waals surface area contributed by atoms with Crippen LogP contribution in [0.15, 0.2) is 48.5 Å². The van der Waals surface area contributed by atoms with Crippen LogP contribution in [-0.2, 0) is 15.8 Å². The van der Waals surface area contributed by atoms with Gasteiger partial charge in [-0.05, 0) is 36.0 Å². The molecule has 1 saturated carbocycles. The van der Waals surface area contributed by atoms with Gasteiger partial charge in [-0.1, -0.05) is 54.1 Å². The highest BCUT2D eigenvalue weighted by atomic mass is 35.5. The van der Waals surface area contributed by atoms with Gasteiger partial charge in [0.05, 0.1) is 11.0 Å². The second-order valence-corrected chi connectivity index (χ2v) is 8.91. The van der Waals surface area contributed by atoms with Gasteiger partial charge in [0, 0.05) is 41.9 Å². The van der Waals surface area contributed by atoms with Crippen molar-refractivity contribution in [1.29, 1.82) is 0 Å². The van der Waals surface area contributed by atoms with E-state index in [9.17, 15) is 9.00 Å². The van der Waals surface area contributed by atoms with Gasteiger partial charge in [-0.2, -0.15) is 0 Å². The minimum Gasteiger partial charge on any atom is -0.341 e. The molecule has 2 aromatic carbocycles. The Morgan fingerprint density at radius 3 is 2.59 bits per heavy atom. The van der Waals surface area contributed by atoms with Gasteiger partial charge in [0.2, 0.25) is 5.91 Å². The van der Waals surface area contributed by atoms with Gasteiger partial charge < -0.3 is 4.90 Å². The fourth-order valence-corrected chi connectivity index (χ4v) is 4.98. The maximum atomic E-state index is 12.9. The normalized spacial score (nSPS) is 25.4. The minimum absolute atomic E-state index is 0.0412. The van der Waals surface area contributed by atoms with Crippen molar-refractivity contribution in [3.63, 3.8) is 0 Å². The fourth-order valence-electron chi connectivity index (χ4n) is 4.08. The molecule has 4 nitrogen and oxygen atoms in total. The average molecular weight is 403 g/mol. The number of benzene rings is 2. The third kappa shape index (κ3) is 3.96. The SMILES string of the molecule is CS(=O)NC1CCN(C(=O)C2CC2c2ccccc2-c2ccccc2Cl)C1. The van der Waals surface area contributed by atoms with Crippen LogP contribution in [0.25, 0.3) is 11.1 Å². The van der Waals surface area contributed by atoms with E-state index in [0.29, 0.717) is 6.54 Å². The predicted molar refractivity (Wildman–Crippen MR) is 110 cm³/mol. The standard InChI is InChI=1S/C21H23ClN2O2S/c1-27(26)23-14-10-11-24(13-14)21(25)19-12-18(19)16-7-3-2-6-15(16)17-8-4-5-9-20(17)22/h2-9,14,18-19,23H,10-13H2,1H3. The quantitative estimate of drug-likeness (QED) is 0.830. The molecule has 1 aliphatic heterocycles. The largest absolute Gasteiger partial charge is 0.341 e. The summed E-state index contributed by atoms with van der Waals surface area (Å²) in [5, 5.41) is 0.731. The van der Waals surface area contributed by atoms with Crippen LogP contribution in [0.2, 0.25) is 5.02 Å². The monoisotopic (exact) mass is 402 g/mol. The summed E-state index contributed by atoms with van der Waals surface area (Å²) in [4.78, 5) is 14.9. The number of hydrogen-bond donors (Lipinski definition) is 1. The smallest absolute Gasteiger partial charge is 0.226 e. The van der Waals surface area contributed by atoms with E-state index in [4.69, 9.17) is 11.6 Å².